The van der Waals surface area contributed by atoms with Crippen LogP contribution in [0.1, 0.15) is 37.1 Å². The largest absolute Gasteiger partial charge is 0.497 e. The molecule has 3 heterocycles. The lowest BCUT2D eigenvalue weighted by Gasteiger charge is -2.34. The van der Waals surface area contributed by atoms with Crippen molar-refractivity contribution in [3.05, 3.63) is 41.7 Å². The molecule has 1 amide bonds. The van der Waals surface area contributed by atoms with E-state index < -0.39 is 0 Å². The Morgan fingerprint density at radius 2 is 2.05 bits per heavy atom. The summed E-state index contributed by atoms with van der Waals surface area (Å²) in [7, 11) is 1.67. The molecule has 5 heteroatoms. The number of nitrogens with zero attached hydrogens (tertiary/aromatic N) is 3. The highest BCUT2D eigenvalue weighted by atomic mass is 16.5. The van der Waals surface area contributed by atoms with Gasteiger partial charge in [-0.1, -0.05) is 0 Å². The van der Waals surface area contributed by atoms with Crippen LogP contribution in [-0.2, 0) is 11.2 Å². The molecule has 2 bridgehead atoms. The Morgan fingerprint density at radius 1 is 1.27 bits per heavy atom. The molecular weight excluding hydrogens is 278 g/mol. The van der Waals surface area contributed by atoms with Crippen LogP contribution in [-0.4, -0.2) is 33.7 Å². The molecule has 5 nitrogen and oxygen atoms in total. The van der Waals surface area contributed by atoms with Crippen molar-refractivity contribution in [1.29, 1.82) is 0 Å². The minimum Gasteiger partial charge on any atom is -0.497 e. The third-order valence-electron chi connectivity index (χ3n) is 4.87. The van der Waals surface area contributed by atoms with Crippen molar-refractivity contribution in [2.24, 2.45) is 0 Å². The number of aromatic nitrogens is 2. The van der Waals surface area contributed by atoms with Gasteiger partial charge in [-0.15, -0.1) is 0 Å². The van der Waals surface area contributed by atoms with Crippen molar-refractivity contribution >= 4 is 5.91 Å². The van der Waals surface area contributed by atoms with Crippen LogP contribution in [0.5, 0.6) is 5.75 Å². The van der Waals surface area contributed by atoms with Gasteiger partial charge in [0.25, 0.3) is 0 Å². The van der Waals surface area contributed by atoms with Crippen LogP contribution in [0.25, 0.3) is 5.69 Å². The third-order valence-corrected chi connectivity index (χ3v) is 4.87. The summed E-state index contributed by atoms with van der Waals surface area (Å²) in [6, 6.07) is 8.46. The molecule has 2 aromatic rings. The molecule has 0 radical (unpaired) electrons. The molecule has 0 aliphatic carbocycles. The summed E-state index contributed by atoms with van der Waals surface area (Å²) in [6.45, 7) is 1.67. The van der Waals surface area contributed by atoms with E-state index in [4.69, 9.17) is 4.74 Å². The second-order valence-electron chi connectivity index (χ2n) is 6.03. The number of carbonyl (C=O) groups is 1. The minimum absolute atomic E-state index is 0.176. The minimum atomic E-state index is 0.176. The number of hydrogen-bond acceptors (Lipinski definition) is 3. The lowest BCUT2D eigenvalue weighted by Crippen LogP contribution is -2.40. The molecule has 1 aromatic heterocycles. The maximum atomic E-state index is 11.9. The van der Waals surface area contributed by atoms with Gasteiger partial charge >= 0.3 is 0 Å². The highest BCUT2D eigenvalue weighted by Crippen LogP contribution is 2.44. The summed E-state index contributed by atoms with van der Waals surface area (Å²) in [5, 5.41) is 4.57. The van der Waals surface area contributed by atoms with Crippen LogP contribution < -0.4 is 4.74 Å². The topological polar surface area (TPSA) is 47.4 Å². The number of benzene rings is 1. The summed E-state index contributed by atoms with van der Waals surface area (Å²) >= 11 is 0. The van der Waals surface area contributed by atoms with Gasteiger partial charge in [-0.2, -0.15) is 5.10 Å². The Morgan fingerprint density at radius 3 is 2.73 bits per heavy atom. The average molecular weight is 297 g/mol. The van der Waals surface area contributed by atoms with E-state index in [1.54, 1.807) is 14.0 Å². The van der Waals surface area contributed by atoms with Gasteiger partial charge in [0.2, 0.25) is 5.91 Å². The fraction of sp³-hybridized carbons (Fsp3) is 0.412. The van der Waals surface area contributed by atoms with Crippen molar-refractivity contribution in [3.63, 3.8) is 0 Å². The molecule has 0 N–H and O–H groups in total. The third kappa shape index (κ3) is 1.85. The molecule has 4 rings (SSSR count). The molecule has 0 saturated carbocycles. The molecule has 22 heavy (non-hydrogen) atoms. The Hall–Kier alpha value is -2.30. The molecule has 0 spiro atoms. The fourth-order valence-corrected chi connectivity index (χ4v) is 3.90. The molecule has 114 valence electrons. The van der Waals surface area contributed by atoms with Crippen LogP contribution in [0.4, 0.5) is 0 Å². The van der Waals surface area contributed by atoms with Crippen molar-refractivity contribution in [1.82, 2.24) is 14.7 Å². The van der Waals surface area contributed by atoms with Gasteiger partial charge in [-0.3, -0.25) is 4.79 Å². The molecule has 2 atom stereocenters. The highest BCUT2D eigenvalue weighted by molar-refractivity contribution is 5.75. The predicted octanol–water partition coefficient (Wildman–Crippen LogP) is 2.49. The van der Waals surface area contributed by atoms with Gasteiger partial charge in [0.05, 0.1) is 30.7 Å². The average Bonchev–Trinajstić information content (AvgIpc) is 3.09. The summed E-state index contributed by atoms with van der Waals surface area (Å²) in [4.78, 5) is 13.9. The molecule has 1 fully saturated rings. The summed E-state index contributed by atoms with van der Waals surface area (Å²) in [6.07, 6.45) is 4.95. The molecule has 2 aliphatic rings. The van der Waals surface area contributed by atoms with Crippen molar-refractivity contribution < 1.29 is 9.53 Å². The summed E-state index contributed by atoms with van der Waals surface area (Å²) < 4.78 is 7.22. The maximum absolute atomic E-state index is 11.9. The van der Waals surface area contributed by atoms with Gasteiger partial charge in [0.1, 0.15) is 5.75 Å². The SMILES string of the molecule is COc1ccc(-n2ncc3c2C[C@@H]2CC[C@@H]3N2C(C)=O)cc1. The zero-order valence-electron chi connectivity index (χ0n) is 12.8. The lowest BCUT2D eigenvalue weighted by atomic mass is 10.00. The Labute approximate surface area is 129 Å². The van der Waals surface area contributed by atoms with Crippen LogP contribution in [0.2, 0.25) is 0 Å². The monoisotopic (exact) mass is 297 g/mol. The summed E-state index contributed by atoms with van der Waals surface area (Å²) in [5.41, 5.74) is 3.49. The number of hydrogen-bond donors (Lipinski definition) is 0. The highest BCUT2D eigenvalue weighted by Gasteiger charge is 2.43. The van der Waals surface area contributed by atoms with E-state index in [-0.39, 0.29) is 11.9 Å². The zero-order valence-corrected chi connectivity index (χ0v) is 12.8. The fourth-order valence-electron chi connectivity index (χ4n) is 3.90. The van der Waals surface area contributed by atoms with Crippen molar-refractivity contribution in [2.45, 2.75) is 38.3 Å². The van der Waals surface area contributed by atoms with Crippen LogP contribution in [0.15, 0.2) is 30.5 Å². The second kappa shape index (κ2) is 4.87. The zero-order chi connectivity index (χ0) is 15.3. The van der Waals surface area contributed by atoms with Gasteiger partial charge in [-0.25, -0.2) is 4.68 Å². The van der Waals surface area contributed by atoms with Crippen LogP contribution in [0.3, 0.4) is 0 Å². The number of methoxy groups -OCH3 is 1. The number of carbonyl (C=O) groups excluding carboxylic acids is 1. The normalized spacial score (nSPS) is 22.5. The maximum Gasteiger partial charge on any atom is 0.220 e. The number of rotatable bonds is 2. The number of amides is 1. The van der Waals surface area contributed by atoms with Gasteiger partial charge in [-0.05, 0) is 37.1 Å². The van der Waals surface area contributed by atoms with Gasteiger partial charge < -0.3 is 9.64 Å². The van der Waals surface area contributed by atoms with E-state index >= 15 is 0 Å². The van der Waals surface area contributed by atoms with Crippen molar-refractivity contribution in [3.8, 4) is 11.4 Å². The van der Waals surface area contributed by atoms with E-state index in [9.17, 15) is 4.79 Å². The predicted molar refractivity (Wildman–Crippen MR) is 82.1 cm³/mol. The van der Waals surface area contributed by atoms with Gasteiger partial charge in [0.15, 0.2) is 0 Å². The Kier molecular flexibility index (Phi) is 2.96. The Bertz CT molecular complexity index is 720. The first-order valence-corrected chi connectivity index (χ1v) is 7.69. The number of ether oxygens (including phenoxy) is 1. The van der Waals surface area contributed by atoms with E-state index in [1.165, 1.54) is 11.3 Å². The Balaban J connectivity index is 1.74. The van der Waals surface area contributed by atoms with Crippen LogP contribution >= 0.6 is 0 Å². The molecule has 0 unspecified atom stereocenters. The number of fused-ring (bicyclic) bond motifs is 4. The van der Waals surface area contributed by atoms with Gasteiger partial charge in [0, 0.05) is 24.9 Å². The van der Waals surface area contributed by atoms with Crippen molar-refractivity contribution in [2.75, 3.05) is 7.11 Å². The molecule has 1 aromatic carbocycles. The molecule has 1 saturated heterocycles. The standard InChI is InChI=1S/C17H19N3O2/c1-11(21)19-13-5-8-16(19)15-10-18-20(17(15)9-13)12-3-6-14(22-2)7-4-12/h3-4,6-7,10,13,16H,5,8-9H2,1-2H3/t13-,16-/m0/s1. The van der Waals surface area contributed by atoms with E-state index in [0.29, 0.717) is 6.04 Å². The lowest BCUT2D eigenvalue weighted by molar-refractivity contribution is -0.132. The quantitative estimate of drug-likeness (QED) is 0.855. The first kappa shape index (κ1) is 13.4. The van der Waals surface area contributed by atoms with E-state index in [2.05, 4.69) is 5.10 Å². The second-order valence-corrected chi connectivity index (χ2v) is 6.03. The van der Waals surface area contributed by atoms with Crippen LogP contribution in [0, 0.1) is 0 Å². The first-order chi connectivity index (χ1) is 10.7. The smallest absolute Gasteiger partial charge is 0.220 e. The van der Waals surface area contributed by atoms with E-state index in [1.807, 2.05) is 40.0 Å². The molecule has 2 aliphatic heterocycles. The van der Waals surface area contributed by atoms with E-state index in [0.717, 1.165) is 30.7 Å². The summed E-state index contributed by atoms with van der Waals surface area (Å²) in [5.74, 6) is 1.02. The molecular formula is C17H19N3O2. The first-order valence-electron chi connectivity index (χ1n) is 7.69.